The molecule has 1 aromatic carbocycles. The molecule has 1 aliphatic rings. The fraction of sp³-hybridized carbons (Fsp3) is 0.581. The van der Waals surface area contributed by atoms with Crippen molar-refractivity contribution in [2.75, 3.05) is 6.61 Å². The van der Waals surface area contributed by atoms with Crippen LogP contribution in [-0.4, -0.2) is 17.6 Å². The zero-order chi connectivity index (χ0) is 25.6. The van der Waals surface area contributed by atoms with Crippen molar-refractivity contribution in [1.82, 2.24) is 4.98 Å². The minimum absolute atomic E-state index is 0.127. The largest absolute Gasteiger partial charge is 0.492 e. The number of nitriles is 1. The number of carbonyl (C=O) groups is 1. The number of nitrogens with zero attached hydrogens (tertiary/aromatic N) is 2. The van der Waals surface area contributed by atoms with Gasteiger partial charge in [0, 0.05) is 5.56 Å². The van der Waals surface area contributed by atoms with Gasteiger partial charge in [0.2, 0.25) is 0 Å². The Labute approximate surface area is 217 Å². The zero-order valence-electron chi connectivity index (χ0n) is 22.1. The van der Waals surface area contributed by atoms with Gasteiger partial charge >= 0.3 is 5.97 Å². The first-order valence-electron chi connectivity index (χ1n) is 13.9. The number of benzene rings is 1. The topological polar surface area (TPSA) is 72.2 Å². The number of hydrogen-bond acceptors (Lipinski definition) is 5. The normalized spacial score (nSPS) is 19.4. The summed E-state index contributed by atoms with van der Waals surface area (Å²) in [4.78, 5) is 17.3. The van der Waals surface area contributed by atoms with Gasteiger partial charge in [0.05, 0.1) is 35.9 Å². The Balaban J connectivity index is 1.45. The lowest BCUT2D eigenvalue weighted by molar-refractivity contribution is -0.140. The standard InChI is InChI=1S/C31H42N2O3/c1-3-5-7-8-9-10-19-31(24-32)20-17-26(18-21-31)30(34)36-27-13-11-25(12-14-27)29-16-15-28(23-33-29)35-22-6-4-2/h11-16,23,26H,3-10,17-22H2,1-2H3/t26-,31-. The number of hydrogen-bond donors (Lipinski definition) is 0. The average molecular weight is 491 g/mol. The summed E-state index contributed by atoms with van der Waals surface area (Å²) in [6, 6.07) is 14.0. The summed E-state index contributed by atoms with van der Waals surface area (Å²) in [5, 5.41) is 9.85. The maximum Gasteiger partial charge on any atom is 0.314 e. The number of carbonyl (C=O) groups excluding carboxylic acids is 1. The van der Waals surface area contributed by atoms with Crippen LogP contribution in [0.3, 0.4) is 0 Å². The van der Waals surface area contributed by atoms with E-state index in [0.717, 1.165) is 68.4 Å². The molecule has 0 aliphatic heterocycles. The van der Waals surface area contributed by atoms with Gasteiger partial charge in [-0.15, -0.1) is 0 Å². The number of unbranched alkanes of at least 4 members (excludes halogenated alkanes) is 6. The van der Waals surface area contributed by atoms with Crippen LogP contribution < -0.4 is 9.47 Å². The van der Waals surface area contributed by atoms with Crippen molar-refractivity contribution >= 4 is 5.97 Å². The molecule has 0 saturated heterocycles. The summed E-state index contributed by atoms with van der Waals surface area (Å²) in [5.41, 5.74) is 1.55. The Bertz CT molecular complexity index is 955. The Hall–Kier alpha value is -2.87. The van der Waals surface area contributed by atoms with Crippen molar-refractivity contribution in [3.8, 4) is 28.8 Å². The number of rotatable bonds is 14. The van der Waals surface area contributed by atoms with Crippen LogP contribution in [0.4, 0.5) is 0 Å². The third kappa shape index (κ3) is 8.36. The average Bonchev–Trinajstić information content (AvgIpc) is 2.92. The molecule has 0 bridgehead atoms. The van der Waals surface area contributed by atoms with E-state index in [-0.39, 0.29) is 17.3 Å². The van der Waals surface area contributed by atoms with Crippen LogP contribution in [0.15, 0.2) is 42.6 Å². The van der Waals surface area contributed by atoms with E-state index in [4.69, 9.17) is 9.47 Å². The van der Waals surface area contributed by atoms with Gasteiger partial charge in [0.1, 0.15) is 11.5 Å². The molecule has 1 heterocycles. The lowest BCUT2D eigenvalue weighted by atomic mass is 9.69. The Morgan fingerprint density at radius 1 is 0.944 bits per heavy atom. The van der Waals surface area contributed by atoms with Crippen LogP contribution in [0.25, 0.3) is 11.3 Å². The predicted octanol–water partition coefficient (Wildman–Crippen LogP) is 8.28. The minimum Gasteiger partial charge on any atom is -0.492 e. The van der Waals surface area contributed by atoms with Crippen molar-refractivity contribution in [2.45, 2.75) is 97.3 Å². The van der Waals surface area contributed by atoms with Gasteiger partial charge in [0.15, 0.2) is 0 Å². The van der Waals surface area contributed by atoms with Gasteiger partial charge in [0.25, 0.3) is 0 Å². The molecule has 5 heteroatoms. The van der Waals surface area contributed by atoms with Crippen LogP contribution in [0, 0.1) is 22.7 Å². The third-order valence-electron chi connectivity index (χ3n) is 7.39. The molecule has 0 N–H and O–H groups in total. The Morgan fingerprint density at radius 2 is 1.61 bits per heavy atom. The second-order valence-corrected chi connectivity index (χ2v) is 10.2. The van der Waals surface area contributed by atoms with Gasteiger partial charge in [-0.25, -0.2) is 0 Å². The molecule has 1 fully saturated rings. The molecular formula is C31H42N2O3. The second-order valence-electron chi connectivity index (χ2n) is 10.2. The highest BCUT2D eigenvalue weighted by molar-refractivity contribution is 5.75. The van der Waals surface area contributed by atoms with E-state index in [1.807, 2.05) is 36.4 Å². The first-order valence-corrected chi connectivity index (χ1v) is 13.9. The van der Waals surface area contributed by atoms with E-state index in [2.05, 4.69) is 24.9 Å². The van der Waals surface area contributed by atoms with Crippen molar-refractivity contribution in [2.24, 2.45) is 11.3 Å². The van der Waals surface area contributed by atoms with Crippen LogP contribution in [0.5, 0.6) is 11.5 Å². The lowest BCUT2D eigenvalue weighted by Crippen LogP contribution is -2.31. The van der Waals surface area contributed by atoms with Gasteiger partial charge in [-0.05, 0) is 74.9 Å². The third-order valence-corrected chi connectivity index (χ3v) is 7.39. The highest BCUT2D eigenvalue weighted by Crippen LogP contribution is 2.43. The molecule has 0 radical (unpaired) electrons. The second kappa shape index (κ2) is 14.6. The first kappa shape index (κ1) is 27.7. The number of esters is 1. The van der Waals surface area contributed by atoms with E-state index in [0.29, 0.717) is 12.4 Å². The monoisotopic (exact) mass is 490 g/mol. The van der Waals surface area contributed by atoms with E-state index < -0.39 is 0 Å². The Morgan fingerprint density at radius 3 is 2.25 bits per heavy atom. The van der Waals surface area contributed by atoms with E-state index in [1.165, 1.54) is 32.1 Å². The number of ether oxygens (including phenoxy) is 2. The molecule has 0 amide bonds. The molecule has 0 spiro atoms. The molecule has 194 valence electrons. The Kier molecular flexibility index (Phi) is 11.3. The molecular weight excluding hydrogens is 448 g/mol. The quantitative estimate of drug-likeness (QED) is 0.151. The highest BCUT2D eigenvalue weighted by Gasteiger charge is 2.37. The SMILES string of the molecule is CCCCCCCC[C@]1(C#N)CC[C@H](C(=O)Oc2ccc(-c3ccc(OCCCC)cn3)cc2)CC1. The lowest BCUT2D eigenvalue weighted by Gasteiger charge is -2.34. The summed E-state index contributed by atoms with van der Waals surface area (Å²) < 4.78 is 11.4. The smallest absolute Gasteiger partial charge is 0.314 e. The highest BCUT2D eigenvalue weighted by atomic mass is 16.5. The molecule has 36 heavy (non-hydrogen) atoms. The molecule has 1 aliphatic carbocycles. The summed E-state index contributed by atoms with van der Waals surface area (Å²) in [6.45, 7) is 5.07. The van der Waals surface area contributed by atoms with Gasteiger partial charge < -0.3 is 9.47 Å². The predicted molar refractivity (Wildman–Crippen MR) is 144 cm³/mol. The van der Waals surface area contributed by atoms with E-state index in [9.17, 15) is 10.1 Å². The maximum absolute atomic E-state index is 12.8. The van der Waals surface area contributed by atoms with E-state index in [1.54, 1.807) is 6.20 Å². The molecule has 0 unspecified atom stereocenters. The van der Waals surface area contributed by atoms with Crippen LogP contribution in [-0.2, 0) is 4.79 Å². The van der Waals surface area contributed by atoms with Crippen molar-refractivity contribution in [1.29, 1.82) is 5.26 Å². The maximum atomic E-state index is 12.8. The van der Waals surface area contributed by atoms with E-state index >= 15 is 0 Å². The molecule has 2 aromatic rings. The van der Waals surface area contributed by atoms with Crippen molar-refractivity contribution < 1.29 is 14.3 Å². The molecule has 0 atom stereocenters. The summed E-state index contributed by atoms with van der Waals surface area (Å²) in [5.74, 6) is 1.02. The van der Waals surface area contributed by atoms with Crippen LogP contribution >= 0.6 is 0 Å². The zero-order valence-corrected chi connectivity index (χ0v) is 22.1. The number of pyridine rings is 1. The molecule has 1 aromatic heterocycles. The van der Waals surface area contributed by atoms with Crippen LogP contribution in [0.2, 0.25) is 0 Å². The summed E-state index contributed by atoms with van der Waals surface area (Å²) >= 11 is 0. The summed E-state index contributed by atoms with van der Waals surface area (Å²) in [6.07, 6.45) is 15.3. The number of aromatic nitrogens is 1. The van der Waals surface area contributed by atoms with Crippen LogP contribution in [0.1, 0.15) is 97.3 Å². The van der Waals surface area contributed by atoms with Crippen molar-refractivity contribution in [3.63, 3.8) is 0 Å². The van der Waals surface area contributed by atoms with Gasteiger partial charge in [-0.3, -0.25) is 9.78 Å². The van der Waals surface area contributed by atoms with Crippen molar-refractivity contribution in [3.05, 3.63) is 42.6 Å². The minimum atomic E-state index is -0.257. The summed E-state index contributed by atoms with van der Waals surface area (Å²) in [7, 11) is 0. The van der Waals surface area contributed by atoms with Gasteiger partial charge in [-0.1, -0.05) is 58.8 Å². The fourth-order valence-corrected chi connectivity index (χ4v) is 4.93. The fourth-order valence-electron chi connectivity index (χ4n) is 4.93. The molecule has 1 saturated carbocycles. The van der Waals surface area contributed by atoms with Gasteiger partial charge in [-0.2, -0.15) is 5.26 Å². The molecule has 5 nitrogen and oxygen atoms in total. The first-order chi connectivity index (χ1) is 17.6. The molecule has 3 rings (SSSR count).